The quantitative estimate of drug-likeness (QED) is 0.709. The summed E-state index contributed by atoms with van der Waals surface area (Å²) in [5, 5.41) is 14.3. The van der Waals surface area contributed by atoms with Crippen LogP contribution in [0.3, 0.4) is 0 Å². The summed E-state index contributed by atoms with van der Waals surface area (Å²) >= 11 is 0. The number of hydrogen-bond donors (Lipinski definition) is 1. The Kier molecular flexibility index (Phi) is 6.11. The van der Waals surface area contributed by atoms with Crippen molar-refractivity contribution in [2.75, 3.05) is 34.0 Å². The van der Waals surface area contributed by atoms with Crippen molar-refractivity contribution in [3.63, 3.8) is 0 Å². The lowest BCUT2D eigenvalue weighted by atomic mass is 10.2. The number of aliphatic hydroxyl groups is 1. The van der Waals surface area contributed by atoms with E-state index in [2.05, 4.69) is 5.10 Å². The highest BCUT2D eigenvalue weighted by molar-refractivity contribution is 5.27. The summed E-state index contributed by atoms with van der Waals surface area (Å²) in [7, 11) is 3.17. The van der Waals surface area contributed by atoms with E-state index in [0.717, 1.165) is 0 Å². The van der Waals surface area contributed by atoms with Crippen LogP contribution in [0.25, 0.3) is 0 Å². The third kappa shape index (κ3) is 3.69. The molecular weight excluding hydrogens is 236 g/mol. The zero-order valence-electron chi connectivity index (χ0n) is 11.4. The van der Waals surface area contributed by atoms with E-state index in [0.29, 0.717) is 24.7 Å². The van der Waals surface area contributed by atoms with E-state index in [-0.39, 0.29) is 12.6 Å². The minimum atomic E-state index is -0.762. The second kappa shape index (κ2) is 7.35. The molecule has 18 heavy (non-hydrogen) atoms. The predicted molar refractivity (Wildman–Crippen MR) is 66.8 cm³/mol. The molecule has 0 saturated carbocycles. The van der Waals surface area contributed by atoms with Gasteiger partial charge in [-0.2, -0.15) is 5.10 Å². The van der Waals surface area contributed by atoms with Crippen molar-refractivity contribution in [2.24, 2.45) is 0 Å². The van der Waals surface area contributed by atoms with Gasteiger partial charge in [0.15, 0.2) is 5.75 Å². The van der Waals surface area contributed by atoms with Crippen molar-refractivity contribution in [1.82, 2.24) is 9.78 Å². The van der Waals surface area contributed by atoms with Gasteiger partial charge >= 0.3 is 0 Å². The van der Waals surface area contributed by atoms with E-state index >= 15 is 0 Å². The maximum absolute atomic E-state index is 10.1. The molecule has 6 heteroatoms. The molecule has 0 radical (unpaired) electrons. The maximum Gasteiger partial charge on any atom is 0.162 e. The summed E-state index contributed by atoms with van der Waals surface area (Å²) in [5.41, 5.74) is 0.643. The SMILES string of the molecule is COCCOCC(O)c1c(OC)cnn1C(C)C. The Bertz CT molecular complexity index is 352. The average Bonchev–Trinajstić information content (AvgIpc) is 2.78. The van der Waals surface area contributed by atoms with Crippen LogP contribution in [-0.4, -0.2) is 48.9 Å². The molecule has 0 amide bonds. The van der Waals surface area contributed by atoms with Gasteiger partial charge in [0.05, 0.1) is 33.1 Å². The molecule has 1 unspecified atom stereocenters. The number of nitrogens with zero attached hydrogens (tertiary/aromatic N) is 2. The molecule has 1 rings (SSSR count). The molecule has 0 aliphatic carbocycles. The van der Waals surface area contributed by atoms with Crippen LogP contribution in [0.5, 0.6) is 5.75 Å². The molecule has 1 N–H and O–H groups in total. The summed E-state index contributed by atoms with van der Waals surface area (Å²) in [4.78, 5) is 0. The number of rotatable bonds is 8. The topological polar surface area (TPSA) is 65.7 Å². The Labute approximate surface area is 107 Å². The van der Waals surface area contributed by atoms with Crippen LogP contribution in [0.1, 0.15) is 31.7 Å². The first-order chi connectivity index (χ1) is 8.61. The highest BCUT2D eigenvalue weighted by Gasteiger charge is 2.21. The van der Waals surface area contributed by atoms with Crippen LogP contribution in [0.4, 0.5) is 0 Å². The van der Waals surface area contributed by atoms with Gasteiger partial charge in [0.2, 0.25) is 0 Å². The molecule has 0 aromatic carbocycles. The molecule has 1 heterocycles. The molecular formula is C12H22N2O4. The van der Waals surface area contributed by atoms with Crippen LogP contribution in [0, 0.1) is 0 Å². The molecule has 0 bridgehead atoms. The molecule has 1 aromatic heterocycles. The van der Waals surface area contributed by atoms with Crippen LogP contribution in [0.2, 0.25) is 0 Å². The van der Waals surface area contributed by atoms with E-state index < -0.39 is 6.10 Å². The van der Waals surface area contributed by atoms with Gasteiger partial charge in [0.1, 0.15) is 11.8 Å². The maximum atomic E-state index is 10.1. The second-order valence-electron chi connectivity index (χ2n) is 4.22. The van der Waals surface area contributed by atoms with E-state index in [4.69, 9.17) is 14.2 Å². The normalized spacial score (nSPS) is 13.0. The second-order valence-corrected chi connectivity index (χ2v) is 4.22. The van der Waals surface area contributed by atoms with Crippen LogP contribution in [-0.2, 0) is 9.47 Å². The lowest BCUT2D eigenvalue weighted by Crippen LogP contribution is -2.17. The van der Waals surface area contributed by atoms with E-state index in [1.165, 1.54) is 0 Å². The highest BCUT2D eigenvalue weighted by Crippen LogP contribution is 2.27. The summed E-state index contributed by atoms with van der Waals surface area (Å²) in [5.74, 6) is 0.576. The van der Waals surface area contributed by atoms with Gasteiger partial charge in [-0.25, -0.2) is 0 Å². The number of ether oxygens (including phenoxy) is 3. The number of aromatic nitrogens is 2. The van der Waals surface area contributed by atoms with Gasteiger partial charge in [0.25, 0.3) is 0 Å². The number of methoxy groups -OCH3 is 2. The Hall–Kier alpha value is -1.11. The molecule has 6 nitrogen and oxygen atoms in total. The largest absolute Gasteiger partial charge is 0.493 e. The summed E-state index contributed by atoms with van der Waals surface area (Å²) in [6, 6.07) is 0.150. The minimum absolute atomic E-state index is 0.150. The van der Waals surface area contributed by atoms with E-state index in [9.17, 15) is 5.11 Å². The molecule has 0 fully saturated rings. The first-order valence-electron chi connectivity index (χ1n) is 5.98. The third-order valence-electron chi connectivity index (χ3n) is 2.53. The standard InChI is InChI=1S/C12H22N2O4/c1-9(2)14-12(11(17-4)7-13-14)10(15)8-18-6-5-16-3/h7,9-10,15H,5-6,8H2,1-4H3. The predicted octanol–water partition coefficient (Wildman–Crippen LogP) is 1.17. The fourth-order valence-electron chi connectivity index (χ4n) is 1.66. The summed E-state index contributed by atoms with van der Waals surface area (Å²) in [6.07, 6.45) is 0.843. The third-order valence-corrected chi connectivity index (χ3v) is 2.53. The van der Waals surface area contributed by atoms with Gasteiger partial charge in [-0.1, -0.05) is 0 Å². The van der Waals surface area contributed by atoms with Crippen molar-refractivity contribution in [2.45, 2.75) is 26.0 Å². The number of hydrogen-bond acceptors (Lipinski definition) is 5. The molecule has 1 atom stereocenters. The zero-order valence-corrected chi connectivity index (χ0v) is 11.4. The molecule has 0 saturated heterocycles. The molecule has 1 aromatic rings. The molecule has 0 spiro atoms. The molecule has 0 aliphatic rings. The summed E-state index contributed by atoms with van der Waals surface area (Å²) < 4.78 is 17.1. The minimum Gasteiger partial charge on any atom is -0.493 e. The Morgan fingerprint density at radius 2 is 2.06 bits per heavy atom. The lowest BCUT2D eigenvalue weighted by Gasteiger charge is -2.17. The smallest absolute Gasteiger partial charge is 0.162 e. The van der Waals surface area contributed by atoms with E-state index in [1.54, 1.807) is 25.1 Å². The zero-order chi connectivity index (χ0) is 13.5. The summed E-state index contributed by atoms with van der Waals surface area (Å²) in [6.45, 7) is 5.14. The van der Waals surface area contributed by atoms with Gasteiger partial charge in [-0.05, 0) is 13.8 Å². The first-order valence-corrected chi connectivity index (χ1v) is 5.98. The van der Waals surface area contributed by atoms with Crippen molar-refractivity contribution >= 4 is 0 Å². The monoisotopic (exact) mass is 258 g/mol. The lowest BCUT2D eigenvalue weighted by molar-refractivity contribution is 0.00814. The van der Waals surface area contributed by atoms with Crippen LogP contribution in [0.15, 0.2) is 6.20 Å². The van der Waals surface area contributed by atoms with Crippen LogP contribution >= 0.6 is 0 Å². The fourth-order valence-corrected chi connectivity index (χ4v) is 1.66. The molecule has 104 valence electrons. The van der Waals surface area contributed by atoms with Crippen molar-refractivity contribution in [3.8, 4) is 5.75 Å². The van der Waals surface area contributed by atoms with Crippen LogP contribution < -0.4 is 4.74 Å². The van der Waals surface area contributed by atoms with Gasteiger partial charge in [0, 0.05) is 13.2 Å². The average molecular weight is 258 g/mol. The first kappa shape index (κ1) is 14.9. The Morgan fingerprint density at radius 3 is 2.61 bits per heavy atom. The fraction of sp³-hybridized carbons (Fsp3) is 0.750. The van der Waals surface area contributed by atoms with Gasteiger partial charge < -0.3 is 19.3 Å². The Balaban J connectivity index is 2.70. The number of aliphatic hydroxyl groups excluding tert-OH is 1. The van der Waals surface area contributed by atoms with E-state index in [1.807, 2.05) is 13.8 Å². The van der Waals surface area contributed by atoms with Crippen molar-refractivity contribution in [1.29, 1.82) is 0 Å². The molecule has 0 aliphatic heterocycles. The van der Waals surface area contributed by atoms with Crippen molar-refractivity contribution < 1.29 is 19.3 Å². The highest BCUT2D eigenvalue weighted by atomic mass is 16.5. The Morgan fingerprint density at radius 1 is 1.33 bits per heavy atom. The van der Waals surface area contributed by atoms with Gasteiger partial charge in [-0.3, -0.25) is 4.68 Å². The van der Waals surface area contributed by atoms with Crippen molar-refractivity contribution in [3.05, 3.63) is 11.9 Å². The van der Waals surface area contributed by atoms with Gasteiger partial charge in [-0.15, -0.1) is 0 Å².